The Morgan fingerprint density at radius 2 is 2.11 bits per heavy atom. The molecule has 1 fully saturated rings. The normalized spacial score (nSPS) is 19.4. The summed E-state index contributed by atoms with van der Waals surface area (Å²) in [6.07, 6.45) is 3.51. The Hall–Kier alpha value is -2.18. The maximum Gasteiger partial charge on any atom is 0.337 e. The molecule has 1 aliphatic carbocycles. The second kappa shape index (κ2) is 7.44. The van der Waals surface area contributed by atoms with Crippen molar-refractivity contribution in [2.24, 2.45) is 5.92 Å². The number of esters is 1. The Balaban J connectivity index is 1.47. The van der Waals surface area contributed by atoms with Crippen LogP contribution >= 0.6 is 11.3 Å². The van der Waals surface area contributed by atoms with E-state index in [0.717, 1.165) is 18.5 Å². The fourth-order valence-electron chi connectivity index (χ4n) is 3.92. The number of aryl methyl sites for hydroxylation is 1. The van der Waals surface area contributed by atoms with Gasteiger partial charge in [-0.05, 0) is 66.8 Å². The molecule has 0 spiro atoms. The summed E-state index contributed by atoms with van der Waals surface area (Å²) in [5.41, 5.74) is 3.45. The number of amides is 1. The van der Waals surface area contributed by atoms with Crippen molar-refractivity contribution in [3.05, 3.63) is 51.2 Å². The van der Waals surface area contributed by atoms with Crippen LogP contribution in [0.3, 0.4) is 0 Å². The summed E-state index contributed by atoms with van der Waals surface area (Å²) in [5, 5.41) is 5.16. The van der Waals surface area contributed by atoms with Crippen LogP contribution in [0, 0.1) is 12.8 Å². The highest BCUT2D eigenvalue weighted by molar-refractivity contribution is 7.10. The Bertz CT molecular complexity index is 872. The Kier molecular flexibility index (Phi) is 5.02. The van der Waals surface area contributed by atoms with Crippen molar-refractivity contribution < 1.29 is 14.3 Å². The first kappa shape index (κ1) is 18.2. The number of nitrogens with one attached hydrogen (secondary N) is 1. The van der Waals surface area contributed by atoms with E-state index >= 15 is 0 Å². The number of anilines is 1. The molecular formula is C21H24N2O3S. The van der Waals surface area contributed by atoms with Gasteiger partial charge >= 0.3 is 5.97 Å². The Labute approximate surface area is 163 Å². The molecule has 4 rings (SSSR count). The first-order valence-electron chi connectivity index (χ1n) is 9.36. The van der Waals surface area contributed by atoms with E-state index in [1.807, 2.05) is 24.3 Å². The molecule has 0 bridgehead atoms. The summed E-state index contributed by atoms with van der Waals surface area (Å²) in [4.78, 5) is 28.3. The van der Waals surface area contributed by atoms with Gasteiger partial charge in [0, 0.05) is 23.2 Å². The third-order valence-corrected chi connectivity index (χ3v) is 6.46. The zero-order valence-electron chi connectivity index (χ0n) is 15.7. The molecule has 6 heteroatoms. The topological polar surface area (TPSA) is 58.6 Å². The Morgan fingerprint density at radius 3 is 2.85 bits per heavy atom. The van der Waals surface area contributed by atoms with E-state index in [-0.39, 0.29) is 5.91 Å². The van der Waals surface area contributed by atoms with Crippen LogP contribution < -0.4 is 5.32 Å². The fraction of sp³-hybridized carbons (Fsp3) is 0.429. The molecule has 1 atom stereocenters. The predicted octanol–water partition coefficient (Wildman–Crippen LogP) is 3.79. The average Bonchev–Trinajstić information content (AvgIpc) is 3.38. The minimum atomic E-state index is -0.402. The number of carbonyl (C=O) groups is 2. The van der Waals surface area contributed by atoms with Crippen LogP contribution in [0.25, 0.3) is 0 Å². The molecule has 142 valence electrons. The summed E-state index contributed by atoms with van der Waals surface area (Å²) < 4.78 is 4.77. The third kappa shape index (κ3) is 3.77. The van der Waals surface area contributed by atoms with Crippen molar-refractivity contribution >= 4 is 28.9 Å². The van der Waals surface area contributed by atoms with E-state index in [1.54, 1.807) is 12.1 Å². The number of benzene rings is 1. The fourth-order valence-corrected chi connectivity index (χ4v) is 4.83. The van der Waals surface area contributed by atoms with Gasteiger partial charge in [0.25, 0.3) is 0 Å². The van der Waals surface area contributed by atoms with E-state index in [4.69, 9.17) is 4.74 Å². The summed E-state index contributed by atoms with van der Waals surface area (Å²) in [7, 11) is 1.35. The molecule has 1 aliphatic heterocycles. The molecule has 27 heavy (non-hydrogen) atoms. The molecule has 2 heterocycles. The molecule has 1 N–H and O–H groups in total. The number of nitrogens with zero attached hydrogens (tertiary/aromatic N) is 1. The van der Waals surface area contributed by atoms with Crippen LogP contribution in [0.2, 0.25) is 0 Å². The smallest absolute Gasteiger partial charge is 0.337 e. The van der Waals surface area contributed by atoms with Crippen LogP contribution in [0.1, 0.15) is 45.2 Å². The zero-order valence-corrected chi connectivity index (χ0v) is 16.5. The summed E-state index contributed by atoms with van der Waals surface area (Å²) in [6, 6.07) is 7.82. The molecule has 1 aromatic heterocycles. The number of methoxy groups -OCH3 is 1. The average molecular weight is 385 g/mol. The zero-order chi connectivity index (χ0) is 19.0. The lowest BCUT2D eigenvalue weighted by molar-refractivity contribution is -0.118. The monoisotopic (exact) mass is 384 g/mol. The van der Waals surface area contributed by atoms with Crippen LogP contribution in [0.4, 0.5) is 5.69 Å². The predicted molar refractivity (Wildman–Crippen MR) is 106 cm³/mol. The number of ether oxygens (including phenoxy) is 1. The summed E-state index contributed by atoms with van der Waals surface area (Å²) in [6.45, 7) is 3.21. The maximum atomic E-state index is 12.8. The lowest BCUT2D eigenvalue weighted by Crippen LogP contribution is -2.41. The van der Waals surface area contributed by atoms with E-state index in [9.17, 15) is 9.59 Å². The molecule has 2 aliphatic rings. The standard InChI is InChI=1S/C21H24N2O3S/c1-13-3-4-15(21(25)26-2)11-17(13)22-19(24)12-23-9-7-18-16(8-10-27-18)20(23)14-5-6-14/h3-4,8,10-11,14,20H,5-7,9,12H2,1-2H3,(H,22,24)/t20-/m1/s1. The van der Waals surface area contributed by atoms with Gasteiger partial charge in [0.1, 0.15) is 0 Å². The molecule has 0 saturated heterocycles. The molecule has 0 radical (unpaired) electrons. The van der Waals surface area contributed by atoms with Crippen molar-refractivity contribution in [1.82, 2.24) is 4.90 Å². The van der Waals surface area contributed by atoms with Gasteiger partial charge in [-0.2, -0.15) is 0 Å². The van der Waals surface area contributed by atoms with E-state index in [2.05, 4.69) is 21.7 Å². The number of rotatable bonds is 5. The van der Waals surface area contributed by atoms with Gasteiger partial charge in [0.15, 0.2) is 0 Å². The summed E-state index contributed by atoms with van der Waals surface area (Å²) in [5.74, 6) is 0.237. The molecular weight excluding hydrogens is 360 g/mol. The minimum absolute atomic E-state index is 0.0376. The van der Waals surface area contributed by atoms with Gasteiger partial charge in [0.05, 0.1) is 19.2 Å². The number of carbonyl (C=O) groups excluding carboxylic acids is 2. The molecule has 2 aromatic rings. The first-order chi connectivity index (χ1) is 13.1. The lowest BCUT2D eigenvalue weighted by atomic mass is 9.96. The van der Waals surface area contributed by atoms with E-state index in [1.165, 1.54) is 30.4 Å². The molecule has 1 saturated carbocycles. The van der Waals surface area contributed by atoms with Gasteiger partial charge in [-0.25, -0.2) is 4.79 Å². The van der Waals surface area contributed by atoms with Gasteiger partial charge in [-0.15, -0.1) is 11.3 Å². The second-order valence-corrected chi connectivity index (χ2v) is 8.37. The first-order valence-corrected chi connectivity index (χ1v) is 10.2. The third-order valence-electron chi connectivity index (χ3n) is 5.47. The van der Waals surface area contributed by atoms with Crippen LogP contribution in [0.15, 0.2) is 29.6 Å². The van der Waals surface area contributed by atoms with Crippen LogP contribution in [0.5, 0.6) is 0 Å². The number of thiophene rings is 1. The molecule has 1 amide bonds. The van der Waals surface area contributed by atoms with Crippen LogP contribution in [-0.4, -0.2) is 37.0 Å². The van der Waals surface area contributed by atoms with E-state index < -0.39 is 5.97 Å². The second-order valence-electron chi connectivity index (χ2n) is 7.37. The Morgan fingerprint density at radius 1 is 1.30 bits per heavy atom. The van der Waals surface area contributed by atoms with Crippen molar-refractivity contribution in [3.63, 3.8) is 0 Å². The summed E-state index contributed by atoms with van der Waals surface area (Å²) >= 11 is 1.84. The van der Waals surface area contributed by atoms with Gasteiger partial charge in [-0.1, -0.05) is 6.07 Å². The number of fused-ring (bicyclic) bond motifs is 1. The molecule has 1 aromatic carbocycles. The van der Waals surface area contributed by atoms with Crippen molar-refractivity contribution in [2.45, 2.75) is 32.2 Å². The highest BCUT2D eigenvalue weighted by Crippen LogP contribution is 2.48. The van der Waals surface area contributed by atoms with Gasteiger partial charge in [-0.3, -0.25) is 9.69 Å². The van der Waals surface area contributed by atoms with Crippen molar-refractivity contribution in [1.29, 1.82) is 0 Å². The SMILES string of the molecule is COC(=O)c1ccc(C)c(NC(=O)CN2CCc3sccc3[C@H]2C2CC2)c1. The highest BCUT2D eigenvalue weighted by atomic mass is 32.1. The van der Waals surface area contributed by atoms with Crippen molar-refractivity contribution in [2.75, 3.05) is 25.5 Å². The number of hydrogen-bond acceptors (Lipinski definition) is 5. The van der Waals surface area contributed by atoms with Gasteiger partial charge in [0.2, 0.25) is 5.91 Å². The number of hydrogen-bond donors (Lipinski definition) is 1. The van der Waals surface area contributed by atoms with Crippen molar-refractivity contribution in [3.8, 4) is 0 Å². The van der Waals surface area contributed by atoms with Crippen LogP contribution in [-0.2, 0) is 16.0 Å². The van der Waals surface area contributed by atoms with Gasteiger partial charge < -0.3 is 10.1 Å². The molecule has 5 nitrogen and oxygen atoms in total. The molecule has 0 unspecified atom stereocenters. The lowest BCUT2D eigenvalue weighted by Gasteiger charge is -2.35. The maximum absolute atomic E-state index is 12.8. The largest absolute Gasteiger partial charge is 0.465 e. The highest BCUT2D eigenvalue weighted by Gasteiger charge is 2.40. The minimum Gasteiger partial charge on any atom is -0.465 e. The quantitative estimate of drug-likeness (QED) is 0.797. The van der Waals surface area contributed by atoms with E-state index in [0.29, 0.717) is 29.8 Å².